The van der Waals surface area contributed by atoms with E-state index in [9.17, 15) is 18.7 Å². The van der Waals surface area contributed by atoms with Crippen LogP contribution >= 0.6 is 11.3 Å². The van der Waals surface area contributed by atoms with E-state index in [0.29, 0.717) is 11.3 Å². The van der Waals surface area contributed by atoms with Crippen LogP contribution < -0.4 is 10.2 Å². The smallest absolute Gasteiger partial charge is 0.348 e. The molecule has 28 heavy (non-hydrogen) atoms. The molecule has 0 fully saturated rings. The molecule has 0 aliphatic rings. The zero-order chi connectivity index (χ0) is 20.3. The van der Waals surface area contributed by atoms with E-state index in [4.69, 9.17) is 0 Å². The second-order valence-corrected chi connectivity index (χ2v) is 6.97. The van der Waals surface area contributed by atoms with Crippen LogP contribution in [0.25, 0.3) is 11.3 Å². The Balaban J connectivity index is 1.94. The lowest BCUT2D eigenvalue weighted by Gasteiger charge is -2.21. The van der Waals surface area contributed by atoms with Crippen LogP contribution in [0.1, 0.15) is 23.5 Å². The molecule has 3 rings (SSSR count). The van der Waals surface area contributed by atoms with Crippen molar-refractivity contribution in [1.82, 2.24) is 4.98 Å². The van der Waals surface area contributed by atoms with Gasteiger partial charge < -0.3 is 15.3 Å². The first kappa shape index (κ1) is 19.8. The predicted octanol–water partition coefficient (Wildman–Crippen LogP) is 5.38. The van der Waals surface area contributed by atoms with Gasteiger partial charge in [-0.2, -0.15) is 0 Å². The number of anilines is 3. The summed E-state index contributed by atoms with van der Waals surface area (Å²) < 4.78 is 26.9. The number of carboxylic acid groups (broad SMARTS) is 1. The van der Waals surface area contributed by atoms with Crippen LogP contribution in [0, 0.1) is 11.6 Å². The van der Waals surface area contributed by atoms with Gasteiger partial charge in [0, 0.05) is 30.4 Å². The number of rotatable bonds is 7. The van der Waals surface area contributed by atoms with Crippen molar-refractivity contribution in [1.29, 1.82) is 0 Å². The Bertz CT molecular complexity index is 986. The Hall–Kier alpha value is -3.00. The van der Waals surface area contributed by atoms with E-state index in [1.54, 1.807) is 0 Å². The van der Waals surface area contributed by atoms with Gasteiger partial charge in [-0.25, -0.2) is 18.6 Å². The Morgan fingerprint density at radius 2 is 1.82 bits per heavy atom. The van der Waals surface area contributed by atoms with Gasteiger partial charge >= 0.3 is 5.97 Å². The Labute approximate surface area is 165 Å². The number of thiazole rings is 1. The number of hydrogen-bond donors (Lipinski definition) is 2. The lowest BCUT2D eigenvalue weighted by Crippen LogP contribution is -2.21. The third-order valence-corrected chi connectivity index (χ3v) is 5.22. The number of hydrogen-bond acceptors (Lipinski definition) is 5. The van der Waals surface area contributed by atoms with Gasteiger partial charge in [-0.3, -0.25) is 0 Å². The molecule has 0 amide bonds. The van der Waals surface area contributed by atoms with Crippen LogP contribution in [0.2, 0.25) is 0 Å². The van der Waals surface area contributed by atoms with Crippen molar-refractivity contribution >= 4 is 33.8 Å². The Kier molecular flexibility index (Phi) is 5.89. The number of carbonyl (C=O) groups is 1. The number of nitrogens with one attached hydrogen (secondary N) is 1. The van der Waals surface area contributed by atoms with Gasteiger partial charge in [0.2, 0.25) is 0 Å². The fourth-order valence-electron chi connectivity index (χ4n) is 2.84. The molecular weight excluding hydrogens is 384 g/mol. The van der Waals surface area contributed by atoms with Gasteiger partial charge in [0.15, 0.2) is 5.13 Å². The molecule has 0 aliphatic heterocycles. The molecule has 3 aromatic rings. The first-order chi connectivity index (χ1) is 13.4. The van der Waals surface area contributed by atoms with Gasteiger partial charge in [0.25, 0.3) is 0 Å². The van der Waals surface area contributed by atoms with Crippen LogP contribution in [0.15, 0.2) is 42.5 Å². The Morgan fingerprint density at radius 3 is 2.39 bits per heavy atom. The molecule has 0 saturated carbocycles. The average Bonchev–Trinajstić information content (AvgIpc) is 3.10. The minimum absolute atomic E-state index is 0.0236. The largest absolute Gasteiger partial charge is 0.477 e. The van der Waals surface area contributed by atoms with Crippen LogP contribution in [0.5, 0.6) is 0 Å². The van der Waals surface area contributed by atoms with Gasteiger partial charge in [-0.05, 0) is 38.1 Å². The molecule has 1 aromatic heterocycles. The molecule has 146 valence electrons. The fourth-order valence-corrected chi connectivity index (χ4v) is 3.68. The minimum atomic E-state index is -1.12. The first-order valence-corrected chi connectivity index (χ1v) is 9.56. The maximum absolute atomic E-state index is 13.9. The number of halogens is 2. The predicted molar refractivity (Wildman–Crippen MR) is 108 cm³/mol. The zero-order valence-corrected chi connectivity index (χ0v) is 16.2. The molecule has 2 N–H and O–H groups in total. The summed E-state index contributed by atoms with van der Waals surface area (Å²) in [4.78, 5) is 18.2. The summed E-state index contributed by atoms with van der Waals surface area (Å²) in [7, 11) is 0. The van der Waals surface area contributed by atoms with Crippen molar-refractivity contribution in [3.05, 3.63) is 59.0 Å². The lowest BCUT2D eigenvalue weighted by molar-refractivity contribution is 0.0702. The van der Waals surface area contributed by atoms with Gasteiger partial charge in [-0.1, -0.05) is 23.5 Å². The standard InChI is InChI=1S/C20H19F2N3O2S/c1-3-25(4-2)14-8-5-12(6-9-14)17-18(19(26)27)28-20(24-17)23-16-10-7-13(21)11-15(16)22/h5-11H,3-4H2,1-2H3,(H,23,24)(H,26,27). The SMILES string of the molecule is CCN(CC)c1ccc(-c2nc(Nc3ccc(F)cc3F)sc2C(=O)O)cc1. The van der Waals surface area contributed by atoms with Gasteiger partial charge in [-0.15, -0.1) is 0 Å². The molecule has 0 atom stereocenters. The van der Waals surface area contributed by atoms with E-state index in [1.165, 1.54) is 6.07 Å². The molecule has 5 nitrogen and oxygen atoms in total. The van der Waals surface area contributed by atoms with E-state index < -0.39 is 17.6 Å². The Morgan fingerprint density at radius 1 is 1.14 bits per heavy atom. The number of carboxylic acids is 1. The maximum atomic E-state index is 13.9. The van der Waals surface area contributed by atoms with E-state index in [0.717, 1.165) is 42.2 Å². The molecule has 0 radical (unpaired) electrons. The summed E-state index contributed by atoms with van der Waals surface area (Å²) in [6.07, 6.45) is 0. The second-order valence-electron chi connectivity index (χ2n) is 5.97. The molecule has 0 bridgehead atoms. The summed E-state index contributed by atoms with van der Waals surface area (Å²) in [5.74, 6) is -2.59. The molecule has 0 saturated heterocycles. The minimum Gasteiger partial charge on any atom is -0.477 e. The summed E-state index contributed by atoms with van der Waals surface area (Å²) in [6, 6.07) is 10.6. The second kappa shape index (κ2) is 8.35. The van der Waals surface area contributed by atoms with Gasteiger partial charge in [0.05, 0.1) is 11.4 Å². The molecule has 0 unspecified atom stereocenters. The van der Waals surface area contributed by atoms with E-state index >= 15 is 0 Å². The number of benzene rings is 2. The van der Waals surface area contributed by atoms with Crippen LogP contribution in [0.4, 0.5) is 25.3 Å². The van der Waals surface area contributed by atoms with Crippen LogP contribution in [0.3, 0.4) is 0 Å². The number of aromatic carboxylic acids is 1. The molecule has 1 heterocycles. The van der Waals surface area contributed by atoms with Gasteiger partial charge in [0.1, 0.15) is 16.5 Å². The fraction of sp³-hybridized carbons (Fsp3) is 0.200. The molecule has 0 spiro atoms. The maximum Gasteiger partial charge on any atom is 0.348 e. The van der Waals surface area contributed by atoms with Crippen molar-refractivity contribution in [2.24, 2.45) is 0 Å². The van der Waals surface area contributed by atoms with Crippen LogP contribution in [-0.4, -0.2) is 29.1 Å². The van der Waals surface area contributed by atoms with Crippen molar-refractivity contribution in [3.8, 4) is 11.3 Å². The van der Waals surface area contributed by atoms with E-state index in [-0.39, 0.29) is 15.7 Å². The van der Waals surface area contributed by atoms with Crippen molar-refractivity contribution < 1.29 is 18.7 Å². The summed E-state index contributed by atoms with van der Waals surface area (Å²) in [6.45, 7) is 5.86. The summed E-state index contributed by atoms with van der Waals surface area (Å²) in [5.41, 5.74) is 2.01. The first-order valence-electron chi connectivity index (χ1n) is 8.74. The zero-order valence-electron chi connectivity index (χ0n) is 15.4. The normalized spacial score (nSPS) is 10.7. The topological polar surface area (TPSA) is 65.5 Å². The highest BCUT2D eigenvalue weighted by Crippen LogP contribution is 2.34. The molecule has 0 aliphatic carbocycles. The molecule has 2 aromatic carbocycles. The van der Waals surface area contributed by atoms with Crippen molar-refractivity contribution in [2.75, 3.05) is 23.3 Å². The lowest BCUT2D eigenvalue weighted by atomic mass is 10.1. The molecule has 8 heteroatoms. The molecular formula is C20H19F2N3O2S. The van der Waals surface area contributed by atoms with Crippen molar-refractivity contribution in [3.63, 3.8) is 0 Å². The highest BCUT2D eigenvalue weighted by atomic mass is 32.1. The average molecular weight is 403 g/mol. The van der Waals surface area contributed by atoms with Crippen molar-refractivity contribution in [2.45, 2.75) is 13.8 Å². The van der Waals surface area contributed by atoms with E-state index in [1.807, 2.05) is 24.3 Å². The van der Waals surface area contributed by atoms with Crippen LogP contribution in [-0.2, 0) is 0 Å². The quantitative estimate of drug-likeness (QED) is 0.555. The number of nitrogens with zero attached hydrogens (tertiary/aromatic N) is 2. The number of aromatic nitrogens is 1. The monoisotopic (exact) mass is 403 g/mol. The third-order valence-electron chi connectivity index (χ3n) is 4.26. The highest BCUT2D eigenvalue weighted by Gasteiger charge is 2.20. The third kappa shape index (κ3) is 4.12. The summed E-state index contributed by atoms with van der Waals surface area (Å²) in [5, 5.41) is 12.5. The summed E-state index contributed by atoms with van der Waals surface area (Å²) >= 11 is 0.897. The van der Waals surface area contributed by atoms with E-state index in [2.05, 4.69) is 29.0 Å². The highest BCUT2D eigenvalue weighted by molar-refractivity contribution is 7.18.